The molecule has 0 aliphatic carbocycles. The number of benzene rings is 1. The van der Waals surface area contributed by atoms with Crippen LogP contribution in [0.15, 0.2) is 41.9 Å². The van der Waals surface area contributed by atoms with E-state index < -0.39 is 16.0 Å². The van der Waals surface area contributed by atoms with Crippen molar-refractivity contribution < 1.29 is 17.5 Å². The number of hydrogen-bond donors (Lipinski definition) is 2. The van der Waals surface area contributed by atoms with Gasteiger partial charge >= 0.3 is 0 Å². The fourth-order valence-electron chi connectivity index (χ4n) is 4.11. The zero-order valence-corrected chi connectivity index (χ0v) is 21.3. The van der Waals surface area contributed by atoms with E-state index in [2.05, 4.69) is 39.3 Å². The van der Waals surface area contributed by atoms with Crippen molar-refractivity contribution in [1.82, 2.24) is 19.7 Å². The molecule has 0 saturated carbocycles. The maximum Gasteiger partial charge on any atom is 0.175 e. The third kappa shape index (κ3) is 5.45. The Labute approximate surface area is 210 Å². The fraction of sp³-hybridized carbons (Fsp3) is 0.360. The summed E-state index contributed by atoms with van der Waals surface area (Å²) in [6, 6.07) is 9.10. The first kappa shape index (κ1) is 25.5. The Morgan fingerprint density at radius 1 is 1.36 bits per heavy atom. The number of fused-ring (bicyclic) bond motifs is 1. The second-order valence-corrected chi connectivity index (χ2v) is 10.7. The maximum absolute atomic E-state index is 14.6. The van der Waals surface area contributed by atoms with Gasteiger partial charge in [0.05, 0.1) is 36.0 Å². The van der Waals surface area contributed by atoms with E-state index in [0.29, 0.717) is 41.4 Å². The molecule has 0 unspecified atom stereocenters. The SMILES string of the molecule is C=Cc1c2ccnc(N[C@@H]3CCN(C)C[C@@H]3F)c2nn1C#CCNc1ccc(S(C)(=O)=O)cc1OC. The van der Waals surface area contributed by atoms with Gasteiger partial charge in [-0.2, -0.15) is 9.78 Å². The Balaban J connectivity index is 1.54. The Morgan fingerprint density at radius 3 is 2.86 bits per heavy atom. The van der Waals surface area contributed by atoms with Crippen LogP contribution in [0.25, 0.3) is 17.0 Å². The Morgan fingerprint density at radius 2 is 2.17 bits per heavy atom. The zero-order chi connectivity index (χ0) is 25.9. The van der Waals surface area contributed by atoms with Crippen molar-refractivity contribution in [3.63, 3.8) is 0 Å². The number of nitrogens with zero attached hydrogens (tertiary/aromatic N) is 4. The van der Waals surface area contributed by atoms with Gasteiger partial charge in [-0.1, -0.05) is 12.5 Å². The van der Waals surface area contributed by atoms with E-state index in [1.165, 1.54) is 23.9 Å². The van der Waals surface area contributed by atoms with Crippen molar-refractivity contribution in [1.29, 1.82) is 0 Å². The number of sulfone groups is 1. The van der Waals surface area contributed by atoms with Crippen LogP contribution in [0.2, 0.25) is 0 Å². The molecule has 3 aromatic rings. The highest BCUT2D eigenvalue weighted by Crippen LogP contribution is 2.28. The van der Waals surface area contributed by atoms with Gasteiger partial charge < -0.3 is 20.3 Å². The average molecular weight is 513 g/mol. The van der Waals surface area contributed by atoms with Crippen LogP contribution in [-0.2, 0) is 9.84 Å². The maximum atomic E-state index is 14.6. The number of piperidine rings is 1. The third-order valence-electron chi connectivity index (χ3n) is 6.04. The van der Waals surface area contributed by atoms with Crippen LogP contribution in [0.1, 0.15) is 12.1 Å². The normalized spacial score (nSPS) is 18.3. The molecule has 1 fully saturated rings. The largest absolute Gasteiger partial charge is 0.495 e. The molecule has 1 saturated heterocycles. The molecule has 2 aromatic heterocycles. The standard InChI is InChI=1S/C25H29FN6O3S/c1-5-22-18-9-12-28-25(29-20-10-14-31(2)16-19(20)26)24(18)30-32(22)13-6-11-27-21-8-7-17(36(4,33)34)15-23(21)35-3/h5,7-9,12,15,19-20,27H,1,10-11,14,16H2,2-4H3,(H,28,29)/t19-,20+/m0/s1. The number of likely N-dealkylation sites (tertiary alicyclic amines) is 1. The van der Waals surface area contributed by atoms with Crippen LogP contribution in [0.4, 0.5) is 15.9 Å². The predicted octanol–water partition coefficient (Wildman–Crippen LogP) is 2.86. The minimum atomic E-state index is -3.34. The number of nitrogens with one attached hydrogen (secondary N) is 2. The minimum Gasteiger partial charge on any atom is -0.495 e. The number of pyridine rings is 1. The second kappa shape index (κ2) is 10.6. The van der Waals surface area contributed by atoms with E-state index in [-0.39, 0.29) is 17.5 Å². The lowest BCUT2D eigenvalue weighted by molar-refractivity contribution is 0.149. The molecular weight excluding hydrogens is 483 g/mol. The first-order valence-corrected chi connectivity index (χ1v) is 13.3. The molecule has 0 spiro atoms. The second-order valence-electron chi connectivity index (χ2n) is 8.65. The zero-order valence-electron chi connectivity index (χ0n) is 20.5. The average Bonchev–Trinajstić information content (AvgIpc) is 3.21. The molecule has 3 heterocycles. The molecule has 0 radical (unpaired) electrons. The van der Waals surface area contributed by atoms with Gasteiger partial charge in [0.15, 0.2) is 15.7 Å². The Hall–Kier alpha value is -3.62. The lowest BCUT2D eigenvalue weighted by atomic mass is 10.0. The lowest BCUT2D eigenvalue weighted by Crippen LogP contribution is -2.46. The number of aromatic nitrogens is 3. The molecular formula is C25H29FN6O3S. The summed E-state index contributed by atoms with van der Waals surface area (Å²) < 4.78 is 45.0. The van der Waals surface area contributed by atoms with Crippen LogP contribution >= 0.6 is 0 Å². The first-order valence-electron chi connectivity index (χ1n) is 11.4. The van der Waals surface area contributed by atoms with Crippen LogP contribution < -0.4 is 15.4 Å². The van der Waals surface area contributed by atoms with Gasteiger partial charge in [0.1, 0.15) is 17.4 Å². The number of anilines is 2. The lowest BCUT2D eigenvalue weighted by Gasteiger charge is -2.32. The van der Waals surface area contributed by atoms with Gasteiger partial charge in [-0.05, 0) is 37.7 Å². The van der Waals surface area contributed by atoms with E-state index >= 15 is 0 Å². The summed E-state index contributed by atoms with van der Waals surface area (Å²) in [5.74, 6) is 3.92. The van der Waals surface area contributed by atoms with Gasteiger partial charge in [0.2, 0.25) is 0 Å². The summed E-state index contributed by atoms with van der Waals surface area (Å²) >= 11 is 0. The number of halogens is 1. The number of ether oxygens (including phenoxy) is 1. The summed E-state index contributed by atoms with van der Waals surface area (Å²) in [7, 11) is 0.0408. The van der Waals surface area contributed by atoms with E-state index in [9.17, 15) is 12.8 Å². The number of rotatable bonds is 7. The van der Waals surface area contributed by atoms with Crippen molar-refractivity contribution >= 4 is 38.3 Å². The molecule has 9 nitrogen and oxygen atoms in total. The van der Waals surface area contributed by atoms with Gasteiger partial charge in [0, 0.05) is 43.0 Å². The van der Waals surface area contributed by atoms with Crippen LogP contribution in [0.5, 0.6) is 5.75 Å². The molecule has 11 heteroatoms. The highest BCUT2D eigenvalue weighted by molar-refractivity contribution is 7.90. The number of hydrogen-bond acceptors (Lipinski definition) is 8. The molecule has 190 valence electrons. The topological polar surface area (TPSA) is 101 Å². The van der Waals surface area contributed by atoms with Gasteiger partial charge in [-0.15, -0.1) is 0 Å². The summed E-state index contributed by atoms with van der Waals surface area (Å²) in [6.07, 6.45) is 4.14. The molecule has 0 bridgehead atoms. The van der Waals surface area contributed by atoms with Crippen molar-refractivity contribution in [3.05, 3.63) is 42.7 Å². The molecule has 1 aliphatic rings. The van der Waals surface area contributed by atoms with E-state index in [0.717, 1.165) is 18.2 Å². The molecule has 4 rings (SSSR count). The fourth-order valence-corrected chi connectivity index (χ4v) is 4.75. The van der Waals surface area contributed by atoms with Crippen LogP contribution in [0.3, 0.4) is 0 Å². The number of methoxy groups -OCH3 is 1. The van der Waals surface area contributed by atoms with Crippen LogP contribution in [0, 0.1) is 12.0 Å². The third-order valence-corrected chi connectivity index (χ3v) is 7.15. The number of alkyl halides is 1. The van der Waals surface area contributed by atoms with Crippen molar-refractivity contribution in [3.8, 4) is 17.7 Å². The van der Waals surface area contributed by atoms with Crippen molar-refractivity contribution in [2.24, 2.45) is 0 Å². The van der Waals surface area contributed by atoms with E-state index in [1.807, 2.05) is 18.0 Å². The molecule has 1 aliphatic heterocycles. The Bertz CT molecular complexity index is 1440. The van der Waals surface area contributed by atoms with Crippen molar-refractivity contribution in [2.75, 3.05) is 50.7 Å². The summed E-state index contributed by atoms with van der Waals surface area (Å²) in [6.45, 7) is 5.33. The minimum absolute atomic E-state index is 0.173. The Kier molecular flexibility index (Phi) is 7.47. The molecule has 1 aromatic carbocycles. The predicted molar refractivity (Wildman–Crippen MR) is 140 cm³/mol. The molecule has 2 N–H and O–H groups in total. The van der Waals surface area contributed by atoms with Crippen LogP contribution in [-0.4, -0.2) is 80.3 Å². The summed E-state index contributed by atoms with van der Waals surface area (Å²) in [5.41, 5.74) is 1.92. The first-order chi connectivity index (χ1) is 17.2. The summed E-state index contributed by atoms with van der Waals surface area (Å²) in [4.78, 5) is 6.55. The summed E-state index contributed by atoms with van der Waals surface area (Å²) in [5, 5.41) is 11.8. The smallest absolute Gasteiger partial charge is 0.175 e. The van der Waals surface area contributed by atoms with E-state index in [4.69, 9.17) is 4.74 Å². The quantitative estimate of drug-likeness (QED) is 0.466. The van der Waals surface area contributed by atoms with Gasteiger partial charge in [-0.3, -0.25) is 0 Å². The molecule has 0 amide bonds. The van der Waals surface area contributed by atoms with Crippen molar-refractivity contribution in [2.45, 2.75) is 23.5 Å². The molecule has 2 atom stereocenters. The highest BCUT2D eigenvalue weighted by atomic mass is 32.2. The van der Waals surface area contributed by atoms with Gasteiger partial charge in [0.25, 0.3) is 0 Å². The van der Waals surface area contributed by atoms with E-state index in [1.54, 1.807) is 18.3 Å². The molecule has 36 heavy (non-hydrogen) atoms. The highest BCUT2D eigenvalue weighted by Gasteiger charge is 2.28. The van der Waals surface area contributed by atoms with Gasteiger partial charge in [-0.25, -0.2) is 17.8 Å². The monoisotopic (exact) mass is 512 g/mol.